The Bertz CT molecular complexity index is 1130. The monoisotopic (exact) mass is 430 g/mol. The molecule has 0 atom stereocenters. The van der Waals surface area contributed by atoms with Crippen molar-refractivity contribution < 1.29 is 9.53 Å². The van der Waals surface area contributed by atoms with Gasteiger partial charge in [0, 0.05) is 18.1 Å². The molecular weight excluding hydrogens is 416 g/mol. The predicted molar refractivity (Wildman–Crippen MR) is 114 cm³/mol. The van der Waals surface area contributed by atoms with Crippen molar-refractivity contribution in [1.29, 1.82) is 0 Å². The lowest BCUT2D eigenvalue weighted by Crippen LogP contribution is -2.14. The van der Waals surface area contributed by atoms with E-state index in [0.29, 0.717) is 16.5 Å². The van der Waals surface area contributed by atoms with Gasteiger partial charge in [-0.1, -0.05) is 29.4 Å². The van der Waals surface area contributed by atoms with Crippen molar-refractivity contribution >= 4 is 51.8 Å². The van der Waals surface area contributed by atoms with Gasteiger partial charge in [0.1, 0.15) is 16.5 Å². The van der Waals surface area contributed by atoms with Crippen LogP contribution < -0.4 is 10.1 Å². The average Bonchev–Trinajstić information content (AvgIpc) is 3.36. The van der Waals surface area contributed by atoms with Gasteiger partial charge in [-0.05, 0) is 35.7 Å². The zero-order chi connectivity index (χ0) is 19.5. The Morgan fingerprint density at radius 1 is 1.36 bits per heavy atom. The van der Waals surface area contributed by atoms with E-state index < -0.39 is 0 Å². The molecule has 6 nitrogen and oxygen atoms in total. The highest BCUT2D eigenvalue weighted by Gasteiger charge is 2.12. The Morgan fingerprint density at radius 3 is 3.00 bits per heavy atom. The molecule has 3 heterocycles. The number of nitrogens with zero attached hydrogens (tertiary/aromatic N) is 3. The maximum atomic E-state index is 12.3. The zero-order valence-corrected chi connectivity index (χ0v) is 17.1. The van der Waals surface area contributed by atoms with Gasteiger partial charge in [0.05, 0.1) is 28.3 Å². The Morgan fingerprint density at radius 2 is 2.25 bits per heavy atom. The third kappa shape index (κ3) is 3.99. The summed E-state index contributed by atoms with van der Waals surface area (Å²) in [6, 6.07) is 11.1. The Kier molecular flexibility index (Phi) is 5.52. The van der Waals surface area contributed by atoms with Gasteiger partial charge in [-0.3, -0.25) is 4.79 Å². The number of amides is 1. The van der Waals surface area contributed by atoms with Crippen LogP contribution in [-0.2, 0) is 4.79 Å². The van der Waals surface area contributed by atoms with Crippen LogP contribution in [0, 0.1) is 0 Å². The molecule has 142 valence electrons. The molecule has 0 aliphatic heterocycles. The number of rotatable bonds is 6. The van der Waals surface area contributed by atoms with E-state index >= 15 is 0 Å². The first-order valence-corrected chi connectivity index (χ1v) is 10.5. The van der Waals surface area contributed by atoms with Crippen molar-refractivity contribution in [3.05, 3.63) is 59.2 Å². The van der Waals surface area contributed by atoms with Gasteiger partial charge in [-0.2, -0.15) is 5.10 Å². The number of nitrogens with one attached hydrogen (secondary N) is 1. The number of hydrogen-bond acceptors (Lipinski definition) is 6. The predicted octanol–water partition coefficient (Wildman–Crippen LogP) is 4.85. The minimum absolute atomic E-state index is 0.145. The van der Waals surface area contributed by atoms with Gasteiger partial charge >= 0.3 is 0 Å². The van der Waals surface area contributed by atoms with Crippen LogP contribution in [0.2, 0.25) is 5.02 Å². The lowest BCUT2D eigenvalue weighted by molar-refractivity contribution is -0.113. The van der Waals surface area contributed by atoms with Crippen LogP contribution in [0.25, 0.3) is 16.1 Å². The van der Waals surface area contributed by atoms with E-state index in [1.54, 1.807) is 53.6 Å². The van der Waals surface area contributed by atoms with E-state index in [-0.39, 0.29) is 11.7 Å². The van der Waals surface area contributed by atoms with Crippen LogP contribution in [0.4, 0.5) is 5.69 Å². The molecule has 1 amide bonds. The molecule has 0 radical (unpaired) electrons. The number of carbonyl (C=O) groups excluding carboxylic acids is 1. The molecule has 0 spiro atoms. The summed E-state index contributed by atoms with van der Waals surface area (Å²) in [5.74, 6) is 0.635. The summed E-state index contributed by atoms with van der Waals surface area (Å²) >= 11 is 9.09. The van der Waals surface area contributed by atoms with Gasteiger partial charge in [0.25, 0.3) is 0 Å². The van der Waals surface area contributed by atoms with E-state index in [1.807, 2.05) is 23.6 Å². The number of aromatic nitrogens is 3. The zero-order valence-electron chi connectivity index (χ0n) is 14.8. The van der Waals surface area contributed by atoms with Crippen molar-refractivity contribution in [3.8, 4) is 16.3 Å². The summed E-state index contributed by atoms with van der Waals surface area (Å²) in [4.78, 5) is 17.8. The second kappa shape index (κ2) is 8.22. The third-order valence-electron chi connectivity index (χ3n) is 3.90. The number of anilines is 1. The van der Waals surface area contributed by atoms with Gasteiger partial charge < -0.3 is 10.1 Å². The molecule has 1 N–H and O–H groups in total. The van der Waals surface area contributed by atoms with Crippen LogP contribution in [0.3, 0.4) is 0 Å². The van der Waals surface area contributed by atoms with Gasteiger partial charge in [-0.15, -0.1) is 11.3 Å². The fourth-order valence-electron chi connectivity index (χ4n) is 2.63. The van der Waals surface area contributed by atoms with E-state index in [4.69, 9.17) is 16.3 Å². The molecule has 0 fully saturated rings. The minimum Gasteiger partial charge on any atom is -0.495 e. The molecule has 0 saturated carbocycles. The maximum Gasteiger partial charge on any atom is 0.234 e. The van der Waals surface area contributed by atoms with Crippen molar-refractivity contribution in [2.75, 3.05) is 18.2 Å². The van der Waals surface area contributed by atoms with Gasteiger partial charge in [0.15, 0.2) is 0 Å². The van der Waals surface area contributed by atoms with Crippen molar-refractivity contribution in [3.63, 3.8) is 0 Å². The minimum atomic E-state index is -0.145. The van der Waals surface area contributed by atoms with Crippen LogP contribution in [0.1, 0.15) is 0 Å². The summed E-state index contributed by atoms with van der Waals surface area (Å²) in [5, 5.41) is 10.6. The molecule has 4 rings (SSSR count). The first-order chi connectivity index (χ1) is 13.6. The van der Waals surface area contributed by atoms with E-state index in [2.05, 4.69) is 15.4 Å². The van der Waals surface area contributed by atoms with Crippen LogP contribution in [0.5, 0.6) is 5.75 Å². The molecule has 0 bridgehead atoms. The standard InChI is InChI=1S/C19H15ClN4O2S2/c1-26-16-5-4-12(9-13(16)20)22-18(25)11-28-19-15-10-14(17-3-2-8-27-17)23-24(15)7-6-21-19/h2-10H,11H2,1H3,(H,22,25). The fraction of sp³-hybridized carbons (Fsp3) is 0.105. The molecular formula is C19H15ClN4O2S2. The van der Waals surface area contributed by atoms with Crippen molar-refractivity contribution in [2.45, 2.75) is 5.03 Å². The largest absolute Gasteiger partial charge is 0.495 e. The summed E-state index contributed by atoms with van der Waals surface area (Å²) in [6.45, 7) is 0. The van der Waals surface area contributed by atoms with E-state index in [1.165, 1.54) is 11.8 Å². The Hall–Kier alpha value is -2.55. The maximum absolute atomic E-state index is 12.3. The number of hydrogen-bond donors (Lipinski definition) is 1. The number of halogens is 1. The molecule has 28 heavy (non-hydrogen) atoms. The summed E-state index contributed by atoms with van der Waals surface area (Å²) in [5.41, 5.74) is 2.38. The molecule has 3 aromatic heterocycles. The first-order valence-electron chi connectivity index (χ1n) is 8.28. The average molecular weight is 431 g/mol. The molecule has 0 aliphatic carbocycles. The number of fused-ring (bicyclic) bond motifs is 1. The number of ether oxygens (including phenoxy) is 1. The van der Waals surface area contributed by atoms with Crippen LogP contribution in [-0.4, -0.2) is 33.4 Å². The van der Waals surface area contributed by atoms with Crippen LogP contribution >= 0.6 is 34.7 Å². The summed E-state index contributed by atoms with van der Waals surface area (Å²) in [6.07, 6.45) is 3.48. The van der Waals surface area contributed by atoms with E-state index in [9.17, 15) is 4.79 Å². The van der Waals surface area contributed by atoms with Gasteiger partial charge in [-0.25, -0.2) is 9.50 Å². The molecule has 1 aromatic carbocycles. The first kappa shape index (κ1) is 18.8. The van der Waals surface area contributed by atoms with Crippen molar-refractivity contribution in [1.82, 2.24) is 14.6 Å². The number of thiophene rings is 1. The Labute approximate surface area is 174 Å². The quantitative estimate of drug-likeness (QED) is 0.443. The Balaban J connectivity index is 1.46. The molecule has 4 aromatic rings. The SMILES string of the molecule is COc1ccc(NC(=O)CSc2nccn3nc(-c4cccs4)cc23)cc1Cl. The number of methoxy groups -OCH3 is 1. The highest BCUT2D eigenvalue weighted by molar-refractivity contribution is 8.00. The number of thioether (sulfide) groups is 1. The lowest BCUT2D eigenvalue weighted by Gasteiger charge is -2.08. The normalized spacial score (nSPS) is 10.9. The van der Waals surface area contributed by atoms with Gasteiger partial charge in [0.2, 0.25) is 5.91 Å². The second-order valence-electron chi connectivity index (χ2n) is 5.76. The van der Waals surface area contributed by atoms with E-state index in [0.717, 1.165) is 21.1 Å². The number of carbonyl (C=O) groups is 1. The van der Waals surface area contributed by atoms with Crippen molar-refractivity contribution in [2.24, 2.45) is 0 Å². The third-order valence-corrected chi connectivity index (χ3v) is 6.09. The smallest absolute Gasteiger partial charge is 0.234 e. The fourth-order valence-corrected chi connectivity index (χ4v) is 4.34. The molecule has 9 heteroatoms. The molecule has 0 aliphatic rings. The molecule has 0 unspecified atom stereocenters. The highest BCUT2D eigenvalue weighted by atomic mass is 35.5. The number of benzene rings is 1. The summed E-state index contributed by atoms with van der Waals surface area (Å²) in [7, 11) is 1.55. The highest BCUT2D eigenvalue weighted by Crippen LogP contribution is 2.29. The second-order valence-corrected chi connectivity index (χ2v) is 8.07. The summed E-state index contributed by atoms with van der Waals surface area (Å²) < 4.78 is 6.90. The topological polar surface area (TPSA) is 68.5 Å². The van der Waals surface area contributed by atoms with Crippen LogP contribution in [0.15, 0.2) is 59.2 Å². The molecule has 0 saturated heterocycles. The lowest BCUT2D eigenvalue weighted by atomic mass is 10.3.